The molecule has 2 aromatic carbocycles. The van der Waals surface area contributed by atoms with Crippen LogP contribution in [0.2, 0.25) is 0 Å². The third kappa shape index (κ3) is 11.2. The molecule has 10 nitrogen and oxygen atoms in total. The van der Waals surface area contributed by atoms with Gasteiger partial charge in [0.15, 0.2) is 6.61 Å². The Morgan fingerprint density at radius 3 is 2.49 bits per heavy atom. The molecule has 0 bridgehead atoms. The molecule has 0 radical (unpaired) electrons. The zero-order valence-corrected chi connectivity index (χ0v) is 20.2. The van der Waals surface area contributed by atoms with Gasteiger partial charge in [0, 0.05) is 18.8 Å². The monoisotopic (exact) mass is 484 g/mol. The molecular weight excluding hydrogens is 452 g/mol. The third-order valence-corrected chi connectivity index (χ3v) is 4.32. The van der Waals surface area contributed by atoms with Crippen molar-refractivity contribution in [3.05, 3.63) is 54.1 Å². The van der Waals surface area contributed by atoms with Crippen molar-refractivity contribution >= 4 is 29.6 Å². The average Bonchev–Trinajstić information content (AvgIpc) is 2.84. The van der Waals surface area contributed by atoms with Crippen LogP contribution in [0.5, 0.6) is 11.5 Å². The van der Waals surface area contributed by atoms with Crippen LogP contribution in [-0.4, -0.2) is 56.4 Å². The number of hydrogen-bond donors (Lipinski definition) is 3. The second-order valence-corrected chi connectivity index (χ2v) is 7.59. The maximum atomic E-state index is 12.1. The van der Waals surface area contributed by atoms with E-state index in [0.717, 1.165) is 5.75 Å². The van der Waals surface area contributed by atoms with Crippen molar-refractivity contribution in [2.24, 2.45) is 5.10 Å². The lowest BCUT2D eigenvalue weighted by molar-refractivity contribution is -0.139. The fourth-order valence-electron chi connectivity index (χ4n) is 2.72. The first-order valence-electron chi connectivity index (χ1n) is 11.4. The summed E-state index contributed by atoms with van der Waals surface area (Å²) in [7, 11) is 0. The smallest absolute Gasteiger partial charge is 0.329 e. The lowest BCUT2D eigenvalue weighted by Crippen LogP contribution is -2.38. The van der Waals surface area contributed by atoms with Gasteiger partial charge in [-0.25, -0.2) is 5.43 Å². The van der Waals surface area contributed by atoms with E-state index in [0.29, 0.717) is 43.2 Å². The topological polar surface area (TPSA) is 127 Å². The molecule has 0 aliphatic carbocycles. The normalized spacial score (nSPS) is 10.7. The Balaban J connectivity index is 1.73. The van der Waals surface area contributed by atoms with Crippen LogP contribution in [0.1, 0.15) is 32.8 Å². The summed E-state index contributed by atoms with van der Waals surface area (Å²) >= 11 is 0. The summed E-state index contributed by atoms with van der Waals surface area (Å²) in [5.74, 6) is -0.790. The van der Waals surface area contributed by atoms with E-state index in [1.54, 1.807) is 48.5 Å². The fourth-order valence-corrected chi connectivity index (χ4v) is 2.72. The molecule has 0 heterocycles. The molecule has 3 N–H and O–H groups in total. The van der Waals surface area contributed by atoms with E-state index in [1.165, 1.54) is 6.21 Å². The Labute approximate surface area is 205 Å². The number of carbonyl (C=O) groups excluding carboxylic acids is 3. The van der Waals surface area contributed by atoms with Gasteiger partial charge in [-0.3, -0.25) is 14.4 Å². The number of anilines is 1. The number of hydrazone groups is 1. The third-order valence-electron chi connectivity index (χ3n) is 4.32. The molecule has 2 aromatic rings. The van der Waals surface area contributed by atoms with Gasteiger partial charge in [0.1, 0.15) is 11.5 Å². The summed E-state index contributed by atoms with van der Waals surface area (Å²) < 4.78 is 16.3. The van der Waals surface area contributed by atoms with E-state index < -0.39 is 11.8 Å². The molecule has 0 aromatic heterocycles. The Morgan fingerprint density at radius 1 is 1.00 bits per heavy atom. The zero-order valence-electron chi connectivity index (χ0n) is 20.2. The van der Waals surface area contributed by atoms with Gasteiger partial charge < -0.3 is 24.8 Å². The van der Waals surface area contributed by atoms with Crippen LogP contribution in [0, 0.1) is 0 Å². The van der Waals surface area contributed by atoms with Crippen molar-refractivity contribution in [3.8, 4) is 11.5 Å². The van der Waals surface area contributed by atoms with Crippen molar-refractivity contribution in [2.45, 2.75) is 33.3 Å². The highest BCUT2D eigenvalue weighted by atomic mass is 16.5. The lowest BCUT2D eigenvalue weighted by atomic mass is 10.2. The summed E-state index contributed by atoms with van der Waals surface area (Å²) in [6, 6.07) is 13.8. The predicted octanol–water partition coefficient (Wildman–Crippen LogP) is 2.48. The van der Waals surface area contributed by atoms with Crippen LogP contribution in [0.4, 0.5) is 5.69 Å². The molecule has 0 fully saturated rings. The number of ether oxygens (including phenoxy) is 3. The number of rotatable bonds is 13. The molecule has 35 heavy (non-hydrogen) atoms. The van der Waals surface area contributed by atoms with Crippen molar-refractivity contribution < 1.29 is 28.6 Å². The molecule has 0 saturated carbocycles. The minimum absolute atomic E-state index is 0.119. The van der Waals surface area contributed by atoms with E-state index >= 15 is 0 Å². The Morgan fingerprint density at radius 2 is 1.77 bits per heavy atom. The second-order valence-electron chi connectivity index (χ2n) is 7.59. The molecule has 0 saturated heterocycles. The van der Waals surface area contributed by atoms with E-state index in [4.69, 9.17) is 14.2 Å². The number of nitrogens with one attached hydrogen (secondary N) is 3. The van der Waals surface area contributed by atoms with Crippen LogP contribution < -0.4 is 25.5 Å². The van der Waals surface area contributed by atoms with Gasteiger partial charge in [-0.05, 0) is 69.2 Å². The van der Waals surface area contributed by atoms with Crippen molar-refractivity contribution in [3.63, 3.8) is 0 Å². The maximum absolute atomic E-state index is 12.1. The van der Waals surface area contributed by atoms with Crippen molar-refractivity contribution in [1.82, 2.24) is 10.7 Å². The Hall–Kier alpha value is -3.92. The van der Waals surface area contributed by atoms with Gasteiger partial charge in [0.25, 0.3) is 5.91 Å². The summed E-state index contributed by atoms with van der Waals surface area (Å²) in [4.78, 5) is 35.7. The molecule has 0 aliphatic heterocycles. The number of benzene rings is 2. The molecule has 0 atom stereocenters. The maximum Gasteiger partial charge on any atom is 0.329 e. The molecule has 0 spiro atoms. The van der Waals surface area contributed by atoms with Crippen molar-refractivity contribution in [1.29, 1.82) is 0 Å². The minimum Gasteiger partial charge on any atom is -0.494 e. The summed E-state index contributed by atoms with van der Waals surface area (Å²) in [5, 5.41) is 9.03. The Bertz CT molecular complexity index is 992. The lowest BCUT2D eigenvalue weighted by Gasteiger charge is -2.09. The number of carbonyl (C=O) groups is 3. The first-order chi connectivity index (χ1) is 16.9. The quantitative estimate of drug-likeness (QED) is 0.174. The first kappa shape index (κ1) is 27.3. The summed E-state index contributed by atoms with van der Waals surface area (Å²) in [6.45, 7) is 6.96. The van der Waals surface area contributed by atoms with Gasteiger partial charge in [0.2, 0.25) is 0 Å². The predicted molar refractivity (Wildman–Crippen MR) is 133 cm³/mol. The summed E-state index contributed by atoms with van der Waals surface area (Å²) in [5.41, 5.74) is 3.42. The fraction of sp³-hybridized carbons (Fsp3) is 0.360. The summed E-state index contributed by atoms with van der Waals surface area (Å²) in [6.07, 6.45) is 2.09. The first-order valence-corrected chi connectivity index (χ1v) is 11.4. The minimum atomic E-state index is -0.871. The second kappa shape index (κ2) is 15.1. The molecule has 0 aliphatic rings. The van der Waals surface area contributed by atoms with E-state index in [9.17, 15) is 14.4 Å². The van der Waals surface area contributed by atoms with Crippen molar-refractivity contribution in [2.75, 3.05) is 31.7 Å². The largest absolute Gasteiger partial charge is 0.494 e. The van der Waals surface area contributed by atoms with Crippen LogP contribution in [0.15, 0.2) is 53.6 Å². The highest BCUT2D eigenvalue weighted by Gasteiger charge is 2.11. The SMILES string of the molecule is CCOc1ccc(NC(=O)COc2cccc(/C=N\NC(=O)C(=O)NCCCOC(C)C)c2)cc1. The van der Waals surface area contributed by atoms with E-state index in [2.05, 4.69) is 21.2 Å². The molecule has 0 unspecified atom stereocenters. The van der Waals surface area contributed by atoms with Gasteiger partial charge in [0.05, 0.1) is 18.9 Å². The standard InChI is InChI=1S/C25H32N4O6/c1-4-33-21-11-9-20(10-12-21)28-23(30)17-35-22-8-5-7-19(15-22)16-27-29-25(32)24(31)26-13-6-14-34-18(2)3/h5,7-12,15-16,18H,4,6,13-14,17H2,1-3H3,(H,26,31)(H,28,30)(H,29,32)/b27-16-. The average molecular weight is 485 g/mol. The van der Waals surface area contributed by atoms with E-state index in [1.807, 2.05) is 20.8 Å². The molecule has 10 heteroatoms. The number of hydrogen-bond acceptors (Lipinski definition) is 7. The molecule has 188 valence electrons. The zero-order chi connectivity index (χ0) is 25.5. The van der Waals surface area contributed by atoms with Gasteiger partial charge in [-0.1, -0.05) is 12.1 Å². The number of nitrogens with zero attached hydrogens (tertiary/aromatic N) is 1. The highest BCUT2D eigenvalue weighted by Crippen LogP contribution is 2.16. The van der Waals surface area contributed by atoms with Crippen LogP contribution in [-0.2, 0) is 19.1 Å². The number of amides is 3. The van der Waals surface area contributed by atoms with Crippen LogP contribution in [0.25, 0.3) is 0 Å². The molecule has 2 rings (SSSR count). The van der Waals surface area contributed by atoms with Gasteiger partial charge >= 0.3 is 11.8 Å². The van der Waals surface area contributed by atoms with E-state index in [-0.39, 0.29) is 18.6 Å². The molecule has 3 amide bonds. The van der Waals surface area contributed by atoms with Gasteiger partial charge in [-0.15, -0.1) is 0 Å². The van der Waals surface area contributed by atoms with Gasteiger partial charge in [-0.2, -0.15) is 5.10 Å². The van der Waals surface area contributed by atoms with Crippen LogP contribution >= 0.6 is 0 Å². The molecular formula is C25H32N4O6. The van der Waals surface area contributed by atoms with Crippen LogP contribution in [0.3, 0.4) is 0 Å². The Kier molecular flexibility index (Phi) is 11.8. The highest BCUT2D eigenvalue weighted by molar-refractivity contribution is 6.35.